The van der Waals surface area contributed by atoms with E-state index in [1.54, 1.807) is 0 Å². The number of carbonyl (C=O) groups excluding carboxylic acids is 1. The van der Waals surface area contributed by atoms with Gasteiger partial charge >= 0.3 is 0 Å². The number of Topliss-reactive ketones (excluding diaryl/α,β-unsaturated/α-hetero) is 1. The molecule has 0 N–H and O–H groups in total. The molecular formula is C16H26N2O. The first-order chi connectivity index (χ1) is 9.13. The van der Waals surface area contributed by atoms with E-state index in [1.165, 1.54) is 0 Å². The zero-order valence-corrected chi connectivity index (χ0v) is 12.4. The number of rotatable bonds is 9. The maximum atomic E-state index is 12.0. The summed E-state index contributed by atoms with van der Waals surface area (Å²) in [4.78, 5) is 16.6. The Hall–Kier alpha value is -1.19. The Morgan fingerprint density at radius 1 is 1.05 bits per heavy atom. The van der Waals surface area contributed by atoms with Gasteiger partial charge in [-0.1, -0.05) is 37.3 Å². The Labute approximate surface area is 117 Å². The molecule has 0 heterocycles. The van der Waals surface area contributed by atoms with Crippen molar-refractivity contribution in [1.82, 2.24) is 9.80 Å². The molecule has 0 spiro atoms. The van der Waals surface area contributed by atoms with Crippen LogP contribution in [0.15, 0.2) is 30.3 Å². The summed E-state index contributed by atoms with van der Waals surface area (Å²) in [6, 6.07) is 9.56. The highest BCUT2D eigenvalue weighted by Crippen LogP contribution is 2.04. The van der Waals surface area contributed by atoms with Crippen LogP contribution in [0.3, 0.4) is 0 Å². The lowest BCUT2D eigenvalue weighted by atomic mass is 10.1. The van der Waals surface area contributed by atoms with Crippen LogP contribution in [0.25, 0.3) is 0 Å². The van der Waals surface area contributed by atoms with Crippen LogP contribution in [-0.2, 0) is 0 Å². The first kappa shape index (κ1) is 15.9. The van der Waals surface area contributed by atoms with E-state index in [9.17, 15) is 4.79 Å². The maximum absolute atomic E-state index is 12.0. The summed E-state index contributed by atoms with van der Waals surface area (Å²) < 4.78 is 0. The van der Waals surface area contributed by atoms with E-state index in [0.29, 0.717) is 6.42 Å². The lowest BCUT2D eigenvalue weighted by Crippen LogP contribution is -2.29. The number of carbonyl (C=O) groups is 1. The highest BCUT2D eigenvalue weighted by molar-refractivity contribution is 5.96. The molecule has 0 saturated carbocycles. The summed E-state index contributed by atoms with van der Waals surface area (Å²) in [7, 11) is 4.18. The van der Waals surface area contributed by atoms with Crippen molar-refractivity contribution in [3.8, 4) is 0 Å². The highest BCUT2D eigenvalue weighted by Gasteiger charge is 2.08. The van der Waals surface area contributed by atoms with Gasteiger partial charge < -0.3 is 9.80 Å². The molecule has 0 unspecified atom stereocenters. The molecule has 1 aromatic carbocycles. The molecule has 1 aromatic rings. The molecule has 3 nitrogen and oxygen atoms in total. The van der Waals surface area contributed by atoms with Crippen molar-refractivity contribution >= 4 is 5.78 Å². The fraction of sp³-hybridized carbons (Fsp3) is 0.562. The van der Waals surface area contributed by atoms with Crippen LogP contribution >= 0.6 is 0 Å². The van der Waals surface area contributed by atoms with Crippen LogP contribution in [0, 0.1) is 0 Å². The number of hydrogen-bond donors (Lipinski definition) is 0. The predicted octanol–water partition coefficient (Wildman–Crippen LogP) is 2.53. The van der Waals surface area contributed by atoms with Crippen molar-refractivity contribution in [1.29, 1.82) is 0 Å². The summed E-state index contributed by atoms with van der Waals surface area (Å²) >= 11 is 0. The molecule has 0 saturated heterocycles. The molecule has 106 valence electrons. The fourth-order valence-corrected chi connectivity index (χ4v) is 2.07. The first-order valence-electron chi connectivity index (χ1n) is 7.08. The lowest BCUT2D eigenvalue weighted by Gasteiger charge is -2.21. The molecule has 3 heteroatoms. The third kappa shape index (κ3) is 6.50. The van der Waals surface area contributed by atoms with Crippen molar-refractivity contribution in [2.75, 3.05) is 40.3 Å². The number of ketones is 1. The minimum absolute atomic E-state index is 0.242. The third-order valence-corrected chi connectivity index (χ3v) is 3.28. The quantitative estimate of drug-likeness (QED) is 0.639. The topological polar surface area (TPSA) is 23.6 Å². The Bertz CT molecular complexity index is 362. The van der Waals surface area contributed by atoms with E-state index in [0.717, 1.165) is 38.2 Å². The van der Waals surface area contributed by atoms with E-state index < -0.39 is 0 Å². The SMILES string of the molecule is CCN(CCCN(C)C)CCC(=O)c1ccccc1. The van der Waals surface area contributed by atoms with Crippen molar-refractivity contribution in [3.05, 3.63) is 35.9 Å². The molecule has 0 aliphatic carbocycles. The smallest absolute Gasteiger partial charge is 0.164 e. The van der Waals surface area contributed by atoms with Crippen LogP contribution in [0.5, 0.6) is 0 Å². The van der Waals surface area contributed by atoms with Crippen LogP contribution in [0.4, 0.5) is 0 Å². The zero-order valence-electron chi connectivity index (χ0n) is 12.4. The van der Waals surface area contributed by atoms with Gasteiger partial charge in [0.2, 0.25) is 0 Å². The van der Waals surface area contributed by atoms with Gasteiger partial charge in [0, 0.05) is 18.5 Å². The van der Waals surface area contributed by atoms with Gasteiger partial charge in [-0.25, -0.2) is 0 Å². The van der Waals surface area contributed by atoms with Crippen molar-refractivity contribution in [2.24, 2.45) is 0 Å². The van der Waals surface area contributed by atoms with E-state index in [2.05, 4.69) is 30.8 Å². The molecule has 0 aliphatic heterocycles. The monoisotopic (exact) mass is 262 g/mol. The number of nitrogens with zero attached hydrogens (tertiary/aromatic N) is 2. The standard InChI is InChI=1S/C16H26N2O/c1-4-18(13-8-12-17(2)3)14-11-16(19)15-9-6-5-7-10-15/h5-7,9-10H,4,8,11-14H2,1-3H3. The summed E-state index contributed by atoms with van der Waals surface area (Å²) in [5.74, 6) is 0.242. The lowest BCUT2D eigenvalue weighted by molar-refractivity contribution is 0.0964. The van der Waals surface area contributed by atoms with Crippen molar-refractivity contribution < 1.29 is 4.79 Å². The van der Waals surface area contributed by atoms with E-state index in [1.807, 2.05) is 30.3 Å². The van der Waals surface area contributed by atoms with Gasteiger partial charge in [0.1, 0.15) is 0 Å². The van der Waals surface area contributed by atoms with Gasteiger partial charge in [-0.15, -0.1) is 0 Å². The normalized spacial score (nSPS) is 11.2. The molecule has 0 bridgehead atoms. The largest absolute Gasteiger partial charge is 0.309 e. The first-order valence-corrected chi connectivity index (χ1v) is 7.08. The average molecular weight is 262 g/mol. The summed E-state index contributed by atoms with van der Waals surface area (Å²) in [6.45, 7) is 6.19. The molecule has 1 rings (SSSR count). The Morgan fingerprint density at radius 3 is 2.32 bits per heavy atom. The summed E-state index contributed by atoms with van der Waals surface area (Å²) in [5.41, 5.74) is 0.826. The van der Waals surface area contributed by atoms with Crippen LogP contribution < -0.4 is 0 Å². The van der Waals surface area contributed by atoms with Crippen LogP contribution in [-0.4, -0.2) is 55.9 Å². The molecule has 19 heavy (non-hydrogen) atoms. The second kappa shape index (κ2) is 8.83. The Kier molecular flexibility index (Phi) is 7.38. The molecular weight excluding hydrogens is 236 g/mol. The minimum Gasteiger partial charge on any atom is -0.309 e. The highest BCUT2D eigenvalue weighted by atomic mass is 16.1. The molecule has 0 amide bonds. The van der Waals surface area contributed by atoms with Gasteiger partial charge in [-0.05, 0) is 40.2 Å². The second-order valence-corrected chi connectivity index (χ2v) is 5.13. The van der Waals surface area contributed by atoms with Crippen molar-refractivity contribution in [2.45, 2.75) is 19.8 Å². The average Bonchev–Trinajstić information content (AvgIpc) is 2.42. The van der Waals surface area contributed by atoms with E-state index in [4.69, 9.17) is 0 Å². The Morgan fingerprint density at radius 2 is 1.74 bits per heavy atom. The molecule has 0 fully saturated rings. The third-order valence-electron chi connectivity index (χ3n) is 3.28. The fourth-order valence-electron chi connectivity index (χ4n) is 2.07. The van der Waals surface area contributed by atoms with Gasteiger partial charge in [-0.3, -0.25) is 4.79 Å². The maximum Gasteiger partial charge on any atom is 0.164 e. The van der Waals surface area contributed by atoms with Crippen molar-refractivity contribution in [3.63, 3.8) is 0 Å². The zero-order chi connectivity index (χ0) is 14.1. The number of hydrogen-bond acceptors (Lipinski definition) is 3. The predicted molar refractivity (Wildman–Crippen MR) is 80.7 cm³/mol. The van der Waals surface area contributed by atoms with Gasteiger partial charge in [-0.2, -0.15) is 0 Å². The Balaban J connectivity index is 2.31. The minimum atomic E-state index is 0.242. The van der Waals surface area contributed by atoms with Gasteiger partial charge in [0.05, 0.1) is 0 Å². The van der Waals surface area contributed by atoms with Gasteiger partial charge in [0.25, 0.3) is 0 Å². The van der Waals surface area contributed by atoms with Crippen LogP contribution in [0.2, 0.25) is 0 Å². The summed E-state index contributed by atoms with van der Waals surface area (Å²) in [6.07, 6.45) is 1.76. The molecule has 0 radical (unpaired) electrons. The van der Waals surface area contributed by atoms with E-state index in [-0.39, 0.29) is 5.78 Å². The molecule has 0 aromatic heterocycles. The van der Waals surface area contributed by atoms with E-state index >= 15 is 0 Å². The summed E-state index contributed by atoms with van der Waals surface area (Å²) in [5, 5.41) is 0. The molecule has 0 atom stereocenters. The van der Waals surface area contributed by atoms with Gasteiger partial charge in [0.15, 0.2) is 5.78 Å². The second-order valence-electron chi connectivity index (χ2n) is 5.13. The molecule has 0 aliphatic rings. The number of benzene rings is 1. The van der Waals surface area contributed by atoms with Crippen LogP contribution in [0.1, 0.15) is 30.1 Å².